The molecule has 1 aliphatic carbocycles. The van der Waals surface area contributed by atoms with E-state index in [4.69, 9.17) is 5.84 Å². The number of benzene rings is 1. The van der Waals surface area contributed by atoms with E-state index >= 15 is 0 Å². The van der Waals surface area contributed by atoms with Crippen LogP contribution in [-0.2, 0) is 0 Å². The minimum atomic E-state index is 0.307. The van der Waals surface area contributed by atoms with Crippen molar-refractivity contribution < 1.29 is 0 Å². The topological polar surface area (TPSA) is 38.0 Å². The van der Waals surface area contributed by atoms with Gasteiger partial charge in [0, 0.05) is 6.04 Å². The number of hydrazine groups is 1. The first-order chi connectivity index (χ1) is 8.63. The molecule has 1 aliphatic rings. The second kappa shape index (κ2) is 5.85. The highest BCUT2D eigenvalue weighted by atomic mass is 15.2. The third kappa shape index (κ3) is 2.76. The van der Waals surface area contributed by atoms with Crippen molar-refractivity contribution in [3.8, 4) is 0 Å². The van der Waals surface area contributed by atoms with Gasteiger partial charge in [-0.15, -0.1) is 0 Å². The van der Waals surface area contributed by atoms with Gasteiger partial charge in [-0.25, -0.2) is 0 Å². The van der Waals surface area contributed by atoms with Crippen molar-refractivity contribution in [1.82, 2.24) is 5.43 Å². The van der Waals surface area contributed by atoms with Gasteiger partial charge in [0.1, 0.15) is 0 Å². The van der Waals surface area contributed by atoms with E-state index in [0.29, 0.717) is 12.0 Å². The second-order valence-electron chi connectivity index (χ2n) is 6.03. The van der Waals surface area contributed by atoms with Crippen LogP contribution in [0, 0.1) is 24.7 Å². The van der Waals surface area contributed by atoms with Gasteiger partial charge < -0.3 is 0 Å². The maximum Gasteiger partial charge on any atom is 0.0490 e. The molecule has 4 atom stereocenters. The Morgan fingerprint density at radius 2 is 1.89 bits per heavy atom. The molecular formula is C16H26N2. The number of nitrogens with two attached hydrogens (primary N) is 1. The first-order valence-corrected chi connectivity index (χ1v) is 7.15. The molecule has 2 rings (SSSR count). The van der Waals surface area contributed by atoms with Gasteiger partial charge in [-0.3, -0.25) is 11.3 Å². The molecule has 1 fully saturated rings. The third-order valence-corrected chi connectivity index (χ3v) is 4.81. The van der Waals surface area contributed by atoms with Crippen LogP contribution >= 0.6 is 0 Å². The highest BCUT2D eigenvalue weighted by Crippen LogP contribution is 2.40. The van der Waals surface area contributed by atoms with Crippen molar-refractivity contribution in [2.45, 2.75) is 46.1 Å². The molecule has 0 aromatic heterocycles. The number of rotatable bonds is 3. The van der Waals surface area contributed by atoms with E-state index in [9.17, 15) is 0 Å². The molecular weight excluding hydrogens is 220 g/mol. The van der Waals surface area contributed by atoms with Gasteiger partial charge in [-0.2, -0.15) is 0 Å². The van der Waals surface area contributed by atoms with E-state index in [1.165, 1.54) is 30.4 Å². The Labute approximate surface area is 111 Å². The Morgan fingerprint density at radius 3 is 2.50 bits per heavy atom. The molecule has 0 heterocycles. The van der Waals surface area contributed by atoms with E-state index in [1.54, 1.807) is 0 Å². The number of aryl methyl sites for hydroxylation is 1. The van der Waals surface area contributed by atoms with Crippen molar-refractivity contribution >= 4 is 0 Å². The molecule has 4 unspecified atom stereocenters. The van der Waals surface area contributed by atoms with Crippen molar-refractivity contribution in [1.29, 1.82) is 0 Å². The van der Waals surface area contributed by atoms with E-state index in [2.05, 4.69) is 50.5 Å². The van der Waals surface area contributed by atoms with Crippen LogP contribution < -0.4 is 11.3 Å². The Bertz CT molecular complexity index is 388. The predicted molar refractivity (Wildman–Crippen MR) is 76.9 cm³/mol. The molecule has 0 aliphatic heterocycles. The average molecular weight is 246 g/mol. The van der Waals surface area contributed by atoms with Crippen LogP contribution in [0.5, 0.6) is 0 Å². The highest BCUT2D eigenvalue weighted by molar-refractivity contribution is 5.29. The van der Waals surface area contributed by atoms with E-state index in [1.807, 2.05) is 0 Å². The van der Waals surface area contributed by atoms with Crippen molar-refractivity contribution in [2.75, 3.05) is 0 Å². The molecule has 0 spiro atoms. The number of hydrogen-bond acceptors (Lipinski definition) is 2. The lowest BCUT2D eigenvalue weighted by molar-refractivity contribution is 0.171. The molecule has 0 saturated heterocycles. The average Bonchev–Trinajstić information content (AvgIpc) is 2.37. The molecule has 1 aromatic rings. The summed E-state index contributed by atoms with van der Waals surface area (Å²) in [4.78, 5) is 0. The summed E-state index contributed by atoms with van der Waals surface area (Å²) in [7, 11) is 0. The van der Waals surface area contributed by atoms with Gasteiger partial charge in [0.25, 0.3) is 0 Å². The standard InChI is InChI=1S/C16H26N2/c1-11-8-9-14(10-13(11)3)16(18-17)15-7-5-4-6-12(15)2/h4-7,11,13-14,16,18H,8-10,17H2,1-3H3. The van der Waals surface area contributed by atoms with Gasteiger partial charge in [-0.05, 0) is 48.6 Å². The zero-order chi connectivity index (χ0) is 13.1. The van der Waals surface area contributed by atoms with Crippen LogP contribution in [0.1, 0.15) is 50.3 Å². The fourth-order valence-corrected chi connectivity index (χ4v) is 3.31. The summed E-state index contributed by atoms with van der Waals surface area (Å²) < 4.78 is 0. The summed E-state index contributed by atoms with van der Waals surface area (Å²) in [5, 5.41) is 0. The van der Waals surface area contributed by atoms with Crippen LogP contribution in [0.25, 0.3) is 0 Å². The lowest BCUT2D eigenvalue weighted by Gasteiger charge is -2.37. The molecule has 1 aromatic carbocycles. The van der Waals surface area contributed by atoms with E-state index in [-0.39, 0.29) is 0 Å². The molecule has 0 radical (unpaired) electrons. The van der Waals surface area contributed by atoms with Crippen LogP contribution in [0.2, 0.25) is 0 Å². The quantitative estimate of drug-likeness (QED) is 0.632. The van der Waals surface area contributed by atoms with E-state index in [0.717, 1.165) is 11.8 Å². The zero-order valence-electron chi connectivity index (χ0n) is 11.8. The minimum Gasteiger partial charge on any atom is -0.271 e. The predicted octanol–water partition coefficient (Wildman–Crippen LogP) is 3.57. The lowest BCUT2D eigenvalue weighted by Crippen LogP contribution is -2.37. The van der Waals surface area contributed by atoms with Crippen LogP contribution in [0.3, 0.4) is 0 Å². The smallest absolute Gasteiger partial charge is 0.0490 e. The fourth-order valence-electron chi connectivity index (χ4n) is 3.31. The van der Waals surface area contributed by atoms with Crippen molar-refractivity contribution in [3.63, 3.8) is 0 Å². The van der Waals surface area contributed by atoms with Gasteiger partial charge in [0.2, 0.25) is 0 Å². The summed E-state index contributed by atoms with van der Waals surface area (Å²) in [5.74, 6) is 8.17. The molecule has 1 saturated carbocycles. The highest BCUT2D eigenvalue weighted by Gasteiger charge is 2.30. The Kier molecular flexibility index (Phi) is 4.41. The molecule has 100 valence electrons. The monoisotopic (exact) mass is 246 g/mol. The normalized spacial score (nSPS) is 30.1. The van der Waals surface area contributed by atoms with E-state index < -0.39 is 0 Å². The lowest BCUT2D eigenvalue weighted by atomic mass is 9.72. The van der Waals surface area contributed by atoms with Crippen molar-refractivity contribution in [2.24, 2.45) is 23.6 Å². The molecule has 18 heavy (non-hydrogen) atoms. The third-order valence-electron chi connectivity index (χ3n) is 4.81. The van der Waals surface area contributed by atoms with Crippen molar-refractivity contribution in [3.05, 3.63) is 35.4 Å². The summed E-state index contributed by atoms with van der Waals surface area (Å²) in [6.45, 7) is 6.93. The molecule has 0 amide bonds. The zero-order valence-corrected chi connectivity index (χ0v) is 11.8. The van der Waals surface area contributed by atoms with Crippen LogP contribution in [0.15, 0.2) is 24.3 Å². The number of nitrogens with one attached hydrogen (secondary N) is 1. The Balaban J connectivity index is 2.17. The fraction of sp³-hybridized carbons (Fsp3) is 0.625. The largest absolute Gasteiger partial charge is 0.271 e. The molecule has 2 nitrogen and oxygen atoms in total. The maximum atomic E-state index is 5.83. The summed E-state index contributed by atoms with van der Waals surface area (Å²) >= 11 is 0. The molecule has 3 N–H and O–H groups in total. The SMILES string of the molecule is Cc1ccccc1C(NN)C1CCC(C)C(C)C1. The summed E-state index contributed by atoms with van der Waals surface area (Å²) in [5.41, 5.74) is 5.77. The minimum absolute atomic E-state index is 0.307. The summed E-state index contributed by atoms with van der Waals surface area (Å²) in [6.07, 6.45) is 3.90. The first kappa shape index (κ1) is 13.6. The first-order valence-electron chi connectivity index (χ1n) is 7.15. The molecule has 2 heteroatoms. The number of hydrogen-bond donors (Lipinski definition) is 2. The van der Waals surface area contributed by atoms with Gasteiger partial charge in [-0.1, -0.05) is 44.5 Å². The van der Waals surface area contributed by atoms with Gasteiger partial charge in [0.05, 0.1) is 0 Å². The van der Waals surface area contributed by atoms with Gasteiger partial charge in [0.15, 0.2) is 0 Å². The second-order valence-corrected chi connectivity index (χ2v) is 6.03. The summed E-state index contributed by atoms with van der Waals surface area (Å²) in [6, 6.07) is 8.90. The van der Waals surface area contributed by atoms with Crippen LogP contribution in [-0.4, -0.2) is 0 Å². The van der Waals surface area contributed by atoms with Gasteiger partial charge >= 0.3 is 0 Å². The maximum absolute atomic E-state index is 5.83. The van der Waals surface area contributed by atoms with Crippen LogP contribution in [0.4, 0.5) is 0 Å². The Hall–Kier alpha value is -0.860. The Morgan fingerprint density at radius 1 is 1.17 bits per heavy atom. The molecule has 0 bridgehead atoms.